The van der Waals surface area contributed by atoms with E-state index in [0.717, 1.165) is 18.5 Å². The van der Waals surface area contributed by atoms with Gasteiger partial charge in [-0.05, 0) is 32.9 Å². The quantitative estimate of drug-likeness (QED) is 0.733. The van der Waals surface area contributed by atoms with Gasteiger partial charge in [-0.15, -0.1) is 0 Å². The van der Waals surface area contributed by atoms with Gasteiger partial charge in [-0.2, -0.15) is 0 Å². The molecule has 1 N–H and O–H groups in total. The topological polar surface area (TPSA) is 80.6 Å². The Hall–Kier alpha value is -2.15. The lowest BCUT2D eigenvalue weighted by Gasteiger charge is -2.25. The van der Waals surface area contributed by atoms with Gasteiger partial charge in [0, 0.05) is 43.4 Å². The molecule has 2 atom stereocenters. The van der Waals surface area contributed by atoms with Crippen LogP contribution in [0.2, 0.25) is 0 Å². The van der Waals surface area contributed by atoms with Crippen LogP contribution in [-0.2, 0) is 20.9 Å². The molecular formula is C18H27N3O4. The molecule has 2 rings (SSSR count). The maximum Gasteiger partial charge on any atom is 0.307 e. The van der Waals surface area contributed by atoms with Crippen LogP contribution in [0.3, 0.4) is 0 Å². The standard InChI is InChI=1S/C18H27N3O4/c1-13-5-4-6-17(23)21(13)10-9-16(22)19-12-15-8-7-14(20(15)2)11-18(24)25-3/h4-6,14-15H,7-12H2,1-3H3,(H,19,22)/t14-,15+/m1/s1. The Labute approximate surface area is 148 Å². The molecule has 0 bridgehead atoms. The van der Waals surface area contributed by atoms with Gasteiger partial charge in [0.15, 0.2) is 0 Å². The molecule has 25 heavy (non-hydrogen) atoms. The minimum absolute atomic E-state index is 0.0695. The molecule has 1 aromatic rings. The molecule has 138 valence electrons. The zero-order valence-corrected chi connectivity index (χ0v) is 15.2. The number of hydrogen-bond acceptors (Lipinski definition) is 5. The maximum absolute atomic E-state index is 12.1. The van der Waals surface area contributed by atoms with Crippen molar-refractivity contribution in [2.24, 2.45) is 0 Å². The van der Waals surface area contributed by atoms with Crippen LogP contribution in [0.5, 0.6) is 0 Å². The Balaban J connectivity index is 1.77. The Morgan fingerprint density at radius 3 is 2.68 bits per heavy atom. The van der Waals surface area contributed by atoms with E-state index in [9.17, 15) is 14.4 Å². The molecule has 0 radical (unpaired) electrons. The number of esters is 1. The zero-order chi connectivity index (χ0) is 18.4. The summed E-state index contributed by atoms with van der Waals surface area (Å²) in [6, 6.07) is 5.46. The number of rotatable bonds is 7. The Kier molecular flexibility index (Phi) is 6.75. The third-order valence-corrected chi connectivity index (χ3v) is 4.98. The highest BCUT2D eigenvalue weighted by Gasteiger charge is 2.32. The minimum atomic E-state index is -0.204. The van der Waals surface area contributed by atoms with Crippen LogP contribution in [0.25, 0.3) is 0 Å². The molecular weight excluding hydrogens is 322 g/mol. The third kappa shape index (κ3) is 5.16. The summed E-state index contributed by atoms with van der Waals surface area (Å²) in [4.78, 5) is 37.4. The summed E-state index contributed by atoms with van der Waals surface area (Å²) in [7, 11) is 3.37. The lowest BCUT2D eigenvalue weighted by molar-refractivity contribution is -0.141. The van der Waals surface area contributed by atoms with Gasteiger partial charge in [0.1, 0.15) is 0 Å². The predicted molar refractivity (Wildman–Crippen MR) is 94.3 cm³/mol. The fourth-order valence-corrected chi connectivity index (χ4v) is 3.30. The average molecular weight is 349 g/mol. The Morgan fingerprint density at radius 1 is 1.28 bits per heavy atom. The number of ether oxygens (including phenoxy) is 1. The molecule has 1 aliphatic heterocycles. The van der Waals surface area contributed by atoms with Crippen LogP contribution in [0.1, 0.15) is 31.4 Å². The lowest BCUT2D eigenvalue weighted by atomic mass is 10.1. The molecule has 7 heteroatoms. The summed E-state index contributed by atoms with van der Waals surface area (Å²) in [6.07, 6.45) is 2.51. The van der Waals surface area contributed by atoms with Crippen LogP contribution >= 0.6 is 0 Å². The van der Waals surface area contributed by atoms with E-state index >= 15 is 0 Å². The molecule has 0 aromatic carbocycles. The molecule has 0 unspecified atom stereocenters. The first-order chi connectivity index (χ1) is 11.9. The van der Waals surface area contributed by atoms with Gasteiger partial charge in [0.25, 0.3) is 5.56 Å². The summed E-state index contributed by atoms with van der Waals surface area (Å²) in [5, 5.41) is 2.94. The molecule has 0 spiro atoms. The Bertz CT molecular complexity index is 671. The second-order valence-corrected chi connectivity index (χ2v) is 6.54. The number of methoxy groups -OCH3 is 1. The molecule has 1 saturated heterocycles. The van der Waals surface area contributed by atoms with E-state index in [2.05, 4.69) is 10.2 Å². The first kappa shape index (κ1) is 19.2. The van der Waals surface area contributed by atoms with Gasteiger partial charge < -0.3 is 14.6 Å². The van der Waals surface area contributed by atoms with E-state index in [-0.39, 0.29) is 35.9 Å². The molecule has 1 aromatic heterocycles. The number of aromatic nitrogens is 1. The first-order valence-corrected chi connectivity index (χ1v) is 8.64. The van der Waals surface area contributed by atoms with Gasteiger partial charge in [-0.1, -0.05) is 6.07 Å². The van der Waals surface area contributed by atoms with Crippen molar-refractivity contribution < 1.29 is 14.3 Å². The van der Waals surface area contributed by atoms with Crippen molar-refractivity contribution in [1.29, 1.82) is 0 Å². The molecule has 7 nitrogen and oxygen atoms in total. The Morgan fingerprint density at radius 2 is 2.00 bits per heavy atom. The fraction of sp³-hybridized carbons (Fsp3) is 0.611. The lowest BCUT2D eigenvalue weighted by Crippen LogP contribution is -2.41. The molecule has 2 heterocycles. The van der Waals surface area contributed by atoms with Gasteiger partial charge in [0.05, 0.1) is 13.5 Å². The first-order valence-electron chi connectivity index (χ1n) is 8.64. The van der Waals surface area contributed by atoms with E-state index in [1.54, 1.807) is 10.6 Å². The summed E-state index contributed by atoms with van der Waals surface area (Å²) in [6.45, 7) is 2.78. The number of carbonyl (C=O) groups excluding carboxylic acids is 2. The SMILES string of the molecule is COC(=O)C[C@H]1CC[C@@H](CNC(=O)CCn2c(C)cccc2=O)N1C. The van der Waals surface area contributed by atoms with Gasteiger partial charge in [0.2, 0.25) is 5.91 Å². The largest absolute Gasteiger partial charge is 0.469 e. The second kappa shape index (κ2) is 8.80. The van der Waals surface area contributed by atoms with Crippen molar-refractivity contribution in [2.75, 3.05) is 20.7 Å². The number of amides is 1. The highest BCUT2D eigenvalue weighted by Crippen LogP contribution is 2.24. The predicted octanol–water partition coefficient (Wildman–Crippen LogP) is 0.689. The van der Waals surface area contributed by atoms with E-state index in [1.165, 1.54) is 13.2 Å². The van der Waals surface area contributed by atoms with Crippen molar-refractivity contribution in [3.63, 3.8) is 0 Å². The number of likely N-dealkylation sites (N-methyl/N-ethyl adjacent to an activating group) is 1. The van der Waals surface area contributed by atoms with E-state index in [0.29, 0.717) is 19.5 Å². The number of carbonyl (C=O) groups is 2. The van der Waals surface area contributed by atoms with E-state index < -0.39 is 0 Å². The van der Waals surface area contributed by atoms with Crippen LogP contribution in [0, 0.1) is 6.92 Å². The average Bonchev–Trinajstić information content (AvgIpc) is 2.92. The summed E-state index contributed by atoms with van der Waals surface area (Å²) >= 11 is 0. The van der Waals surface area contributed by atoms with Gasteiger partial charge in [-0.3, -0.25) is 19.3 Å². The monoisotopic (exact) mass is 349 g/mol. The van der Waals surface area contributed by atoms with Crippen LogP contribution in [0.15, 0.2) is 23.0 Å². The zero-order valence-electron chi connectivity index (χ0n) is 15.2. The maximum atomic E-state index is 12.1. The normalized spacial score (nSPS) is 20.4. The highest BCUT2D eigenvalue weighted by atomic mass is 16.5. The van der Waals surface area contributed by atoms with Crippen LogP contribution in [-0.4, -0.2) is 54.1 Å². The highest BCUT2D eigenvalue weighted by molar-refractivity contribution is 5.75. The number of hydrogen-bond donors (Lipinski definition) is 1. The van der Waals surface area contributed by atoms with Crippen molar-refractivity contribution in [2.45, 2.75) is 51.2 Å². The number of nitrogens with one attached hydrogen (secondary N) is 1. The summed E-state index contributed by atoms with van der Waals surface area (Å²) < 4.78 is 6.33. The van der Waals surface area contributed by atoms with Crippen LogP contribution in [0.4, 0.5) is 0 Å². The molecule has 1 amide bonds. The van der Waals surface area contributed by atoms with Gasteiger partial charge >= 0.3 is 5.97 Å². The molecule has 1 fully saturated rings. The summed E-state index contributed by atoms with van der Waals surface area (Å²) in [5.74, 6) is -0.273. The summed E-state index contributed by atoms with van der Waals surface area (Å²) in [5.41, 5.74) is 0.760. The number of aryl methyl sites for hydroxylation is 1. The van der Waals surface area contributed by atoms with Crippen LogP contribution < -0.4 is 10.9 Å². The molecule has 1 aliphatic rings. The van der Waals surface area contributed by atoms with Crippen molar-refractivity contribution in [3.8, 4) is 0 Å². The minimum Gasteiger partial charge on any atom is -0.469 e. The number of likely N-dealkylation sites (tertiary alicyclic amines) is 1. The smallest absolute Gasteiger partial charge is 0.307 e. The fourth-order valence-electron chi connectivity index (χ4n) is 3.30. The number of nitrogens with zero attached hydrogens (tertiary/aromatic N) is 2. The van der Waals surface area contributed by atoms with Crippen molar-refractivity contribution in [3.05, 3.63) is 34.2 Å². The molecule has 0 aliphatic carbocycles. The third-order valence-electron chi connectivity index (χ3n) is 4.98. The number of pyridine rings is 1. The van der Waals surface area contributed by atoms with E-state index in [4.69, 9.17) is 4.74 Å². The second-order valence-electron chi connectivity index (χ2n) is 6.54. The van der Waals surface area contributed by atoms with Gasteiger partial charge in [-0.25, -0.2) is 0 Å². The molecule has 0 saturated carbocycles. The van der Waals surface area contributed by atoms with E-state index in [1.807, 2.05) is 20.0 Å². The van der Waals surface area contributed by atoms with Crippen molar-refractivity contribution >= 4 is 11.9 Å². The van der Waals surface area contributed by atoms with Crippen molar-refractivity contribution in [1.82, 2.24) is 14.8 Å².